The fourth-order valence-corrected chi connectivity index (χ4v) is 1.11. The molecule has 15 heavy (non-hydrogen) atoms. The Morgan fingerprint density at radius 2 is 1.60 bits per heavy atom. The molecule has 80 valence electrons. The summed E-state index contributed by atoms with van der Waals surface area (Å²) in [6, 6.07) is 0.577. The van der Waals surface area contributed by atoms with Crippen LogP contribution in [0.4, 0.5) is 17.6 Å². The molecule has 0 nitrogen and oxygen atoms in total. The number of hydrogen-bond donors (Lipinski definition) is 0. The van der Waals surface area contributed by atoms with E-state index < -0.39 is 28.7 Å². The minimum Gasteiger partial charge on any atom is -0.204 e. The van der Waals surface area contributed by atoms with Crippen LogP contribution in [0, 0.1) is 35.6 Å². The zero-order valence-corrected chi connectivity index (χ0v) is 8.17. The Morgan fingerprint density at radius 3 is 2.07 bits per heavy atom. The predicted octanol–water partition coefficient (Wildman–Crippen LogP) is 3.15. The molecule has 1 aromatic rings. The summed E-state index contributed by atoms with van der Waals surface area (Å²) in [6.07, 6.45) is 5.09. The van der Waals surface area contributed by atoms with E-state index in [1.165, 1.54) is 13.8 Å². The maximum Gasteiger partial charge on any atom is 0.197 e. The van der Waals surface area contributed by atoms with Gasteiger partial charge in [-0.3, -0.25) is 0 Å². The molecule has 0 amide bonds. The Hall–Kier alpha value is -1.50. The van der Waals surface area contributed by atoms with Crippen LogP contribution < -0.4 is 0 Å². The van der Waals surface area contributed by atoms with Crippen molar-refractivity contribution in [3.8, 4) is 12.3 Å². The molecule has 0 unspecified atom stereocenters. The van der Waals surface area contributed by atoms with Gasteiger partial charge in [0.15, 0.2) is 23.3 Å². The van der Waals surface area contributed by atoms with E-state index >= 15 is 0 Å². The first-order valence-electron chi connectivity index (χ1n) is 4.12. The van der Waals surface area contributed by atoms with Gasteiger partial charge in [-0.2, -0.15) is 0 Å². The molecule has 0 N–H and O–H groups in total. The summed E-state index contributed by atoms with van der Waals surface area (Å²) >= 11 is 0. The van der Waals surface area contributed by atoms with Gasteiger partial charge in [0.2, 0.25) is 0 Å². The normalized spacial score (nSPS) is 11.3. The second kappa shape index (κ2) is 3.58. The second-order valence-electron chi connectivity index (χ2n) is 3.62. The summed E-state index contributed by atoms with van der Waals surface area (Å²) in [6.45, 7) is 2.81. The standard InChI is InChI=1S/C11H8F4/c1-4-11(2,3)6-5-7(12)9(14)10(15)8(6)13/h1,5H,2-3H3. The highest BCUT2D eigenvalue weighted by molar-refractivity contribution is 5.34. The van der Waals surface area contributed by atoms with Gasteiger partial charge in [-0.1, -0.05) is 5.92 Å². The van der Waals surface area contributed by atoms with Gasteiger partial charge in [0.25, 0.3) is 0 Å². The Kier molecular flexibility index (Phi) is 2.76. The van der Waals surface area contributed by atoms with Crippen LogP contribution in [0.15, 0.2) is 6.07 Å². The molecule has 0 heterocycles. The third-order valence-electron chi connectivity index (χ3n) is 2.14. The van der Waals surface area contributed by atoms with Crippen molar-refractivity contribution < 1.29 is 17.6 Å². The van der Waals surface area contributed by atoms with E-state index in [1.807, 2.05) is 0 Å². The number of rotatable bonds is 1. The molecule has 0 bridgehead atoms. The first-order chi connectivity index (χ1) is 6.81. The van der Waals surface area contributed by atoms with E-state index in [1.54, 1.807) is 0 Å². The Labute approximate surface area is 84.9 Å². The largest absolute Gasteiger partial charge is 0.204 e. The molecule has 0 radical (unpaired) electrons. The fraction of sp³-hybridized carbons (Fsp3) is 0.273. The van der Waals surface area contributed by atoms with Gasteiger partial charge < -0.3 is 0 Å². The third-order valence-corrected chi connectivity index (χ3v) is 2.14. The molecule has 0 aliphatic heterocycles. The first kappa shape index (κ1) is 11.6. The third kappa shape index (κ3) is 1.82. The molecule has 0 atom stereocenters. The van der Waals surface area contributed by atoms with Crippen LogP contribution in [0.2, 0.25) is 0 Å². The van der Waals surface area contributed by atoms with Gasteiger partial charge in [0, 0.05) is 5.56 Å². The molecule has 4 heteroatoms. The second-order valence-corrected chi connectivity index (χ2v) is 3.62. The number of benzene rings is 1. The molecule has 1 aromatic carbocycles. The molecule has 0 saturated heterocycles. The molecular weight excluding hydrogens is 208 g/mol. The predicted molar refractivity (Wildman–Crippen MR) is 48.1 cm³/mol. The van der Waals surface area contributed by atoms with Crippen LogP contribution in [0.25, 0.3) is 0 Å². The minimum absolute atomic E-state index is 0.374. The molecule has 0 aliphatic carbocycles. The minimum atomic E-state index is -1.84. The van der Waals surface area contributed by atoms with Crippen LogP contribution >= 0.6 is 0 Å². The van der Waals surface area contributed by atoms with Crippen LogP contribution in [0.3, 0.4) is 0 Å². The number of halogens is 4. The number of hydrogen-bond acceptors (Lipinski definition) is 0. The van der Waals surface area contributed by atoms with Crippen LogP contribution in [-0.4, -0.2) is 0 Å². The van der Waals surface area contributed by atoms with Crippen LogP contribution in [0.1, 0.15) is 19.4 Å². The van der Waals surface area contributed by atoms with E-state index in [0.29, 0.717) is 6.07 Å². The van der Waals surface area contributed by atoms with Crippen molar-refractivity contribution in [2.45, 2.75) is 19.3 Å². The Balaban J connectivity index is 3.54. The summed E-state index contributed by atoms with van der Waals surface area (Å²) < 4.78 is 51.6. The average molecular weight is 216 g/mol. The first-order valence-corrected chi connectivity index (χ1v) is 4.12. The quantitative estimate of drug-likeness (QED) is 0.293. The fourth-order valence-electron chi connectivity index (χ4n) is 1.11. The molecule has 1 rings (SSSR count). The zero-order valence-electron chi connectivity index (χ0n) is 8.17. The van der Waals surface area contributed by atoms with Gasteiger partial charge in [0.05, 0.1) is 5.41 Å². The van der Waals surface area contributed by atoms with Gasteiger partial charge in [0.1, 0.15) is 0 Å². The van der Waals surface area contributed by atoms with Crippen molar-refractivity contribution in [1.82, 2.24) is 0 Å². The smallest absolute Gasteiger partial charge is 0.197 e. The molecule has 0 saturated carbocycles. The van der Waals surface area contributed by atoms with Crippen molar-refractivity contribution in [2.24, 2.45) is 0 Å². The van der Waals surface area contributed by atoms with Gasteiger partial charge >= 0.3 is 0 Å². The van der Waals surface area contributed by atoms with Crippen molar-refractivity contribution in [3.05, 3.63) is 34.9 Å². The van der Waals surface area contributed by atoms with Gasteiger partial charge in [-0.05, 0) is 19.9 Å². The summed E-state index contributed by atoms with van der Waals surface area (Å²) in [7, 11) is 0. The van der Waals surface area contributed by atoms with Crippen molar-refractivity contribution >= 4 is 0 Å². The average Bonchev–Trinajstić information content (AvgIpc) is 2.20. The van der Waals surface area contributed by atoms with E-state index in [4.69, 9.17) is 6.42 Å². The lowest BCUT2D eigenvalue weighted by atomic mass is 9.85. The summed E-state index contributed by atoms with van der Waals surface area (Å²) in [4.78, 5) is 0. The maximum atomic E-state index is 13.2. The zero-order chi connectivity index (χ0) is 11.8. The lowest BCUT2D eigenvalue weighted by molar-refractivity contribution is 0.397. The summed E-state index contributed by atoms with van der Waals surface area (Å²) in [5, 5.41) is 0. The lowest BCUT2D eigenvalue weighted by Gasteiger charge is -2.19. The van der Waals surface area contributed by atoms with Crippen LogP contribution in [0.5, 0.6) is 0 Å². The van der Waals surface area contributed by atoms with Crippen molar-refractivity contribution in [1.29, 1.82) is 0 Å². The maximum absolute atomic E-state index is 13.2. The highest BCUT2D eigenvalue weighted by Gasteiger charge is 2.27. The molecule has 0 aliphatic rings. The van der Waals surface area contributed by atoms with Crippen molar-refractivity contribution in [3.63, 3.8) is 0 Å². The highest BCUT2D eigenvalue weighted by Crippen LogP contribution is 2.28. The Morgan fingerprint density at radius 1 is 1.07 bits per heavy atom. The van der Waals surface area contributed by atoms with E-state index in [9.17, 15) is 17.6 Å². The monoisotopic (exact) mass is 216 g/mol. The van der Waals surface area contributed by atoms with Crippen molar-refractivity contribution in [2.75, 3.05) is 0 Å². The SMILES string of the molecule is C#CC(C)(C)c1cc(F)c(F)c(F)c1F. The van der Waals surface area contributed by atoms with E-state index in [2.05, 4.69) is 5.92 Å². The van der Waals surface area contributed by atoms with Gasteiger partial charge in [-0.15, -0.1) is 6.42 Å². The molecule has 0 fully saturated rings. The number of terminal acetylenes is 1. The molecular formula is C11H8F4. The lowest BCUT2D eigenvalue weighted by Crippen LogP contribution is -2.18. The topological polar surface area (TPSA) is 0 Å². The summed E-state index contributed by atoms with van der Waals surface area (Å²) in [5.41, 5.74) is -1.57. The van der Waals surface area contributed by atoms with E-state index in [-0.39, 0.29) is 5.56 Å². The van der Waals surface area contributed by atoms with E-state index in [0.717, 1.165) is 0 Å². The van der Waals surface area contributed by atoms with Crippen LogP contribution in [-0.2, 0) is 5.41 Å². The highest BCUT2D eigenvalue weighted by atomic mass is 19.2. The van der Waals surface area contributed by atoms with Gasteiger partial charge in [-0.25, -0.2) is 17.6 Å². The molecule has 0 spiro atoms. The summed E-state index contributed by atoms with van der Waals surface area (Å²) in [5.74, 6) is -4.39. The molecule has 0 aromatic heterocycles. The Bertz CT molecular complexity index is 441.